The molecule has 10 heteroatoms. The zero-order chi connectivity index (χ0) is 13.5. The maximum atomic E-state index is 9.99. The van der Waals surface area contributed by atoms with Crippen molar-refractivity contribution in [1.29, 1.82) is 0 Å². The van der Waals surface area contributed by atoms with Gasteiger partial charge in [0.15, 0.2) is 0 Å². The van der Waals surface area contributed by atoms with Gasteiger partial charge in [-0.05, 0) is 24.3 Å². The summed E-state index contributed by atoms with van der Waals surface area (Å²) in [5.41, 5.74) is 3.15. The molecule has 0 aliphatic carbocycles. The summed E-state index contributed by atoms with van der Waals surface area (Å²) in [5, 5.41) is 19.6. The van der Waals surface area contributed by atoms with Gasteiger partial charge in [-0.25, -0.2) is 20.7 Å². The number of nitroso groups, excluding NO2 is 1. The van der Waals surface area contributed by atoms with Crippen molar-refractivity contribution < 1.29 is 29.6 Å². The smallest absolute Gasteiger partial charge is 0.775 e. The molecule has 0 saturated heterocycles. The Kier molecular flexibility index (Phi) is 7.09. The van der Waals surface area contributed by atoms with Crippen LogP contribution in [-0.2, 0) is 0 Å². The van der Waals surface area contributed by atoms with E-state index in [2.05, 4.69) is 31.1 Å². The molecule has 0 saturated carbocycles. The van der Waals surface area contributed by atoms with Crippen LogP contribution in [0.1, 0.15) is 0 Å². The second kappa shape index (κ2) is 8.59. The Balaban J connectivity index is 0.00000200. The van der Waals surface area contributed by atoms with Gasteiger partial charge in [0.25, 0.3) is 0 Å². The maximum absolute atomic E-state index is 9.99. The topological polar surface area (TPSA) is 115 Å². The Hall–Kier alpha value is -1.55. The van der Waals surface area contributed by atoms with E-state index in [9.17, 15) is 10.1 Å². The van der Waals surface area contributed by atoms with E-state index in [0.29, 0.717) is 21.4 Å². The first-order chi connectivity index (χ1) is 9.31. The molecule has 0 atom stereocenters. The van der Waals surface area contributed by atoms with Crippen molar-refractivity contribution in [2.75, 3.05) is 5.43 Å². The van der Waals surface area contributed by atoms with E-state index >= 15 is 0 Å². The minimum atomic E-state index is 0. The molecule has 1 N–H and O–H groups in total. The monoisotopic (exact) mass is 298 g/mol. The van der Waals surface area contributed by atoms with Gasteiger partial charge in [-0.15, -0.1) is 4.91 Å². The Labute approximate surface area is 140 Å². The third-order valence-electron chi connectivity index (χ3n) is 2.00. The van der Waals surface area contributed by atoms with Crippen LogP contribution in [0, 0.1) is 10.1 Å². The summed E-state index contributed by atoms with van der Waals surface area (Å²) < 4.78 is 0. The van der Waals surface area contributed by atoms with Crippen LogP contribution >= 0.6 is 11.8 Å². The fraction of sp³-hybridized carbons (Fsp3) is 0. The van der Waals surface area contributed by atoms with Crippen LogP contribution in [-0.4, -0.2) is 9.97 Å². The second-order valence-corrected chi connectivity index (χ2v) is 4.27. The standard InChI is InChI=1S/C10H8N6O2S.Na/c17-15-13-7-1-3-9(11-5-7)19-10-4-2-8(6-12-10)14-16-18;/h1-6H,(H,13,17)(H,14,18);/q;+1/p-1. The summed E-state index contributed by atoms with van der Waals surface area (Å²) in [7, 11) is 0. The molecule has 0 aliphatic heterocycles. The number of pyridine rings is 2. The summed E-state index contributed by atoms with van der Waals surface area (Å²) in [4.78, 5) is 18.2. The molecule has 2 rings (SSSR count). The van der Waals surface area contributed by atoms with Crippen molar-refractivity contribution in [3.8, 4) is 0 Å². The fourth-order valence-electron chi connectivity index (χ4n) is 1.21. The molecule has 0 amide bonds. The average Bonchev–Trinajstić information content (AvgIpc) is 2.44. The first kappa shape index (κ1) is 16.5. The molecule has 96 valence electrons. The molecule has 0 spiro atoms. The molecular formula is C10H7N6NaO2S. The molecule has 0 aliphatic rings. The number of hydrogen-bond acceptors (Lipinski definition) is 8. The van der Waals surface area contributed by atoms with Crippen LogP contribution in [0.2, 0.25) is 0 Å². The van der Waals surface area contributed by atoms with Crippen molar-refractivity contribution in [1.82, 2.24) is 9.97 Å². The molecule has 0 bridgehead atoms. The van der Waals surface area contributed by atoms with Gasteiger partial charge in [0.1, 0.15) is 15.7 Å². The third-order valence-corrected chi connectivity index (χ3v) is 2.90. The van der Waals surface area contributed by atoms with Gasteiger partial charge in [-0.3, -0.25) is 0 Å². The largest absolute Gasteiger partial charge is 1.00 e. The van der Waals surface area contributed by atoms with Crippen molar-refractivity contribution in [3.63, 3.8) is 0 Å². The zero-order valence-electron chi connectivity index (χ0n) is 10.4. The minimum absolute atomic E-state index is 0. The minimum Gasteiger partial charge on any atom is -0.775 e. The van der Waals surface area contributed by atoms with Crippen molar-refractivity contribution >= 4 is 23.1 Å². The third kappa shape index (κ3) is 4.85. The Morgan fingerprint density at radius 3 is 2.30 bits per heavy atom. The van der Waals surface area contributed by atoms with Gasteiger partial charge in [0.05, 0.1) is 23.4 Å². The molecule has 0 radical (unpaired) electrons. The SMILES string of the molecule is O=NNc1ccc(Sc2ccc(N=N[O-])cn2)nc1.[Na+]. The van der Waals surface area contributed by atoms with E-state index in [1.54, 1.807) is 24.3 Å². The molecule has 0 fully saturated rings. The fourth-order valence-corrected chi connectivity index (χ4v) is 1.90. The van der Waals surface area contributed by atoms with Crippen LogP contribution in [0.3, 0.4) is 0 Å². The van der Waals surface area contributed by atoms with E-state index in [1.165, 1.54) is 24.2 Å². The second-order valence-electron chi connectivity index (χ2n) is 3.23. The predicted molar refractivity (Wildman–Crippen MR) is 69.9 cm³/mol. The van der Waals surface area contributed by atoms with E-state index < -0.39 is 0 Å². The van der Waals surface area contributed by atoms with Crippen LogP contribution < -0.4 is 35.0 Å². The Morgan fingerprint density at radius 2 is 1.80 bits per heavy atom. The zero-order valence-corrected chi connectivity index (χ0v) is 13.2. The number of anilines is 1. The van der Waals surface area contributed by atoms with E-state index in [-0.39, 0.29) is 29.6 Å². The summed E-state index contributed by atoms with van der Waals surface area (Å²) in [6.45, 7) is 0. The van der Waals surface area contributed by atoms with Crippen LogP contribution in [0.5, 0.6) is 0 Å². The average molecular weight is 298 g/mol. The van der Waals surface area contributed by atoms with Crippen LogP contribution in [0.4, 0.5) is 11.4 Å². The van der Waals surface area contributed by atoms with Gasteiger partial charge in [-0.2, -0.15) is 5.11 Å². The van der Waals surface area contributed by atoms with Gasteiger partial charge >= 0.3 is 29.6 Å². The van der Waals surface area contributed by atoms with Crippen molar-refractivity contribution in [2.24, 2.45) is 15.7 Å². The molecule has 0 aromatic carbocycles. The summed E-state index contributed by atoms with van der Waals surface area (Å²) in [6, 6.07) is 6.74. The molecule has 20 heavy (non-hydrogen) atoms. The van der Waals surface area contributed by atoms with Crippen molar-refractivity contribution in [2.45, 2.75) is 10.1 Å². The molecule has 2 aromatic heterocycles. The number of nitrogens with zero attached hydrogens (tertiary/aromatic N) is 5. The van der Waals surface area contributed by atoms with Crippen molar-refractivity contribution in [3.05, 3.63) is 46.8 Å². The van der Waals surface area contributed by atoms with Gasteiger partial charge in [0.2, 0.25) is 0 Å². The van der Waals surface area contributed by atoms with Crippen LogP contribution in [0.15, 0.2) is 62.4 Å². The maximum Gasteiger partial charge on any atom is 1.00 e. The Morgan fingerprint density at radius 1 is 1.10 bits per heavy atom. The molecule has 2 aromatic rings. The van der Waals surface area contributed by atoms with E-state index in [1.807, 2.05) is 0 Å². The molecular weight excluding hydrogens is 291 g/mol. The summed E-state index contributed by atoms with van der Waals surface area (Å²) in [6.07, 6.45) is 2.93. The summed E-state index contributed by atoms with van der Waals surface area (Å²) in [5.74, 6) is 0. The van der Waals surface area contributed by atoms with E-state index in [4.69, 9.17) is 0 Å². The number of nitrogens with one attached hydrogen (secondary N) is 1. The first-order valence-electron chi connectivity index (χ1n) is 5.03. The van der Waals surface area contributed by atoms with Gasteiger partial charge in [-0.1, -0.05) is 11.8 Å². The first-order valence-corrected chi connectivity index (χ1v) is 5.85. The quantitative estimate of drug-likeness (QED) is 0.367. The Bertz CT molecular complexity index is 577. The molecule has 8 nitrogen and oxygen atoms in total. The number of rotatable bonds is 5. The van der Waals surface area contributed by atoms with Crippen LogP contribution in [0.25, 0.3) is 0 Å². The van der Waals surface area contributed by atoms with Gasteiger partial charge in [0, 0.05) is 0 Å². The summed E-state index contributed by atoms with van der Waals surface area (Å²) >= 11 is 1.33. The normalized spacial score (nSPS) is 10.0. The number of aromatic nitrogens is 2. The number of hydrogen-bond donors (Lipinski definition) is 1. The predicted octanol–water partition coefficient (Wildman–Crippen LogP) is 0.307. The van der Waals surface area contributed by atoms with E-state index in [0.717, 1.165) is 0 Å². The molecule has 2 heterocycles. The van der Waals surface area contributed by atoms with Gasteiger partial charge < -0.3 is 5.21 Å². The molecule has 0 unspecified atom stereocenters.